The number of carbonyl (C=O) groups is 6. The molecule has 0 heterocycles. The average Bonchev–Trinajstić information content (AvgIpc) is 3.13. The molecule has 58 heavy (non-hydrogen) atoms. The molecule has 1 aromatic carbocycles. The first-order chi connectivity index (χ1) is 27.1. The molecule has 5 N–H and O–H groups in total. The van der Waals surface area contributed by atoms with E-state index in [9.17, 15) is 37.2 Å². The Labute approximate surface area is 343 Å². The molecular formula is C38H65N7O12S. The van der Waals surface area contributed by atoms with E-state index in [1.165, 1.54) is 38.5 Å². The number of nitrogens with zero attached hydrogens (tertiary/aromatic N) is 2. The van der Waals surface area contributed by atoms with Gasteiger partial charge in [0.2, 0.25) is 27.7 Å². The summed E-state index contributed by atoms with van der Waals surface area (Å²) in [5, 5.41) is 13.5. The van der Waals surface area contributed by atoms with Crippen LogP contribution in [0, 0.1) is 0 Å². The fraction of sp³-hybridized carbons (Fsp3) is 0.684. The normalized spacial score (nSPS) is 11.7. The van der Waals surface area contributed by atoms with Crippen molar-refractivity contribution in [2.45, 2.75) is 96.2 Å². The van der Waals surface area contributed by atoms with Gasteiger partial charge >= 0.3 is 18.2 Å². The first kappa shape index (κ1) is 51.3. The van der Waals surface area contributed by atoms with Crippen molar-refractivity contribution >= 4 is 45.9 Å². The van der Waals surface area contributed by atoms with Crippen molar-refractivity contribution in [2.24, 2.45) is 0 Å². The van der Waals surface area contributed by atoms with Crippen molar-refractivity contribution in [3.05, 3.63) is 24.3 Å². The summed E-state index contributed by atoms with van der Waals surface area (Å²) in [5.41, 5.74) is -1.29. The van der Waals surface area contributed by atoms with Crippen LogP contribution in [0.4, 0.5) is 9.59 Å². The zero-order valence-electron chi connectivity index (χ0n) is 35.3. The highest BCUT2D eigenvalue weighted by Crippen LogP contribution is 2.20. The second-order valence-electron chi connectivity index (χ2n) is 15.1. The van der Waals surface area contributed by atoms with Crippen LogP contribution >= 0.6 is 0 Å². The van der Waals surface area contributed by atoms with Gasteiger partial charge in [-0.1, -0.05) is 6.42 Å². The van der Waals surface area contributed by atoms with Gasteiger partial charge in [-0.25, -0.2) is 18.0 Å². The van der Waals surface area contributed by atoms with Crippen molar-refractivity contribution in [1.29, 1.82) is 0 Å². The molecule has 0 spiro atoms. The number of sulfonamides is 1. The Morgan fingerprint density at radius 1 is 0.586 bits per heavy atom. The summed E-state index contributed by atoms with van der Waals surface area (Å²) >= 11 is 0. The molecule has 0 atom stereocenters. The number of ether oxygens (including phenoxy) is 4. The second-order valence-corrected chi connectivity index (χ2v) is 17.1. The van der Waals surface area contributed by atoms with Crippen LogP contribution in [-0.2, 0) is 43.4 Å². The molecule has 0 aliphatic rings. The van der Waals surface area contributed by atoms with Crippen LogP contribution in [0.2, 0.25) is 0 Å². The lowest BCUT2D eigenvalue weighted by molar-refractivity contribution is -0.140. The number of methoxy groups -OCH3 is 2. The minimum atomic E-state index is -4.00. The third-order valence-electron chi connectivity index (χ3n) is 7.83. The van der Waals surface area contributed by atoms with Gasteiger partial charge in [-0.05, 0) is 78.6 Å². The van der Waals surface area contributed by atoms with Gasteiger partial charge in [-0.15, -0.1) is 0 Å². The summed E-state index contributed by atoms with van der Waals surface area (Å²) in [6.45, 7) is 12.0. The molecule has 0 saturated heterocycles. The van der Waals surface area contributed by atoms with E-state index in [0.29, 0.717) is 31.6 Å². The molecule has 0 unspecified atom stereocenters. The van der Waals surface area contributed by atoms with Crippen molar-refractivity contribution in [2.75, 3.05) is 79.7 Å². The van der Waals surface area contributed by atoms with Crippen LogP contribution in [0.1, 0.15) is 80.1 Å². The van der Waals surface area contributed by atoms with E-state index in [1.54, 1.807) is 41.5 Å². The number of rotatable bonds is 26. The van der Waals surface area contributed by atoms with Gasteiger partial charge < -0.3 is 50.4 Å². The van der Waals surface area contributed by atoms with Gasteiger partial charge in [0.15, 0.2) is 0 Å². The Bertz CT molecular complexity index is 1510. The number of unbranched alkanes of at least 4 members (excludes halogenated alkanes) is 2. The fourth-order valence-corrected chi connectivity index (χ4v) is 6.40. The maximum Gasteiger partial charge on any atom is 0.407 e. The van der Waals surface area contributed by atoms with Crippen molar-refractivity contribution in [3.8, 4) is 5.75 Å². The average molecular weight is 844 g/mol. The molecule has 0 aromatic heterocycles. The number of alkyl carbamates (subject to hydrolysis) is 2. The molecule has 0 bridgehead atoms. The van der Waals surface area contributed by atoms with Crippen LogP contribution < -0.4 is 31.3 Å². The standard InChI is InChI=1S/C38H65N7O12S/c1-37(2,3)56-35(50)42-21-19-39-32(47)17-25-44(26-18-33(48)40-20-22-43-36(51)57-38(4,5)6)27-23-41-31(46)12-10-9-11-24-45(28-34(49)55-8)58(52,53)30-15-13-29(54-7)14-16-30/h13-16H,9-12,17-28H2,1-8H3,(H,39,47)(H,40,48)(H,41,46)(H,42,50)(H,43,51). The number of nitrogens with one attached hydrogen (secondary N) is 5. The van der Waals surface area contributed by atoms with E-state index in [0.717, 1.165) is 4.31 Å². The van der Waals surface area contributed by atoms with E-state index in [1.807, 2.05) is 4.90 Å². The summed E-state index contributed by atoms with van der Waals surface area (Å²) in [5.74, 6) is -0.963. The van der Waals surface area contributed by atoms with Gasteiger partial charge in [0.1, 0.15) is 23.5 Å². The SMILES string of the molecule is COC(=O)CN(CCCCCC(=O)NCCN(CCC(=O)NCCNC(=O)OC(C)(C)C)CCC(=O)NCCNC(=O)OC(C)(C)C)S(=O)(=O)c1ccc(OC)cc1. The minimum absolute atomic E-state index is 0.00655. The Balaban J connectivity index is 2.62. The Kier molecular flexibility index (Phi) is 23.3. The number of hydrogen-bond acceptors (Lipinski definition) is 13. The topological polar surface area (TPSA) is 240 Å². The third-order valence-corrected chi connectivity index (χ3v) is 9.69. The first-order valence-electron chi connectivity index (χ1n) is 19.3. The third kappa shape index (κ3) is 24.2. The monoisotopic (exact) mass is 843 g/mol. The summed E-state index contributed by atoms with van der Waals surface area (Å²) in [6.07, 6.45) is 0.579. The Hall–Kier alpha value is -4.69. The molecule has 0 aliphatic heterocycles. The van der Waals surface area contributed by atoms with Gasteiger partial charge in [-0.2, -0.15) is 4.31 Å². The summed E-state index contributed by atoms with van der Waals surface area (Å²) in [6, 6.07) is 5.83. The number of esters is 1. The number of carbonyl (C=O) groups excluding carboxylic acids is 6. The van der Waals surface area contributed by atoms with E-state index < -0.39 is 45.9 Å². The molecule has 19 nitrogen and oxygen atoms in total. The van der Waals surface area contributed by atoms with Gasteiger partial charge in [0, 0.05) is 78.2 Å². The number of benzene rings is 1. The summed E-state index contributed by atoms with van der Waals surface area (Å²) < 4.78 is 47.7. The summed E-state index contributed by atoms with van der Waals surface area (Å²) in [7, 11) is -1.35. The van der Waals surface area contributed by atoms with Gasteiger partial charge in [0.05, 0.1) is 19.1 Å². The van der Waals surface area contributed by atoms with E-state index in [-0.39, 0.29) is 94.2 Å². The van der Waals surface area contributed by atoms with Crippen LogP contribution in [0.25, 0.3) is 0 Å². The lowest BCUT2D eigenvalue weighted by Crippen LogP contribution is -2.41. The van der Waals surface area contributed by atoms with E-state index in [4.69, 9.17) is 18.9 Å². The largest absolute Gasteiger partial charge is 0.497 e. The van der Waals surface area contributed by atoms with E-state index >= 15 is 0 Å². The van der Waals surface area contributed by atoms with Gasteiger partial charge in [0.25, 0.3) is 0 Å². The van der Waals surface area contributed by atoms with Crippen molar-refractivity contribution in [3.63, 3.8) is 0 Å². The highest BCUT2D eigenvalue weighted by Gasteiger charge is 2.27. The number of hydrogen-bond donors (Lipinski definition) is 5. The lowest BCUT2D eigenvalue weighted by atomic mass is 10.2. The predicted molar refractivity (Wildman–Crippen MR) is 215 cm³/mol. The summed E-state index contributed by atoms with van der Waals surface area (Å²) in [4.78, 5) is 75.3. The second kappa shape index (κ2) is 26.3. The molecule has 330 valence electrons. The molecule has 1 aromatic rings. The molecule has 0 fully saturated rings. The zero-order valence-corrected chi connectivity index (χ0v) is 36.1. The zero-order chi connectivity index (χ0) is 43.8. The van der Waals surface area contributed by atoms with Crippen LogP contribution in [0.3, 0.4) is 0 Å². The van der Waals surface area contributed by atoms with Crippen LogP contribution in [0.15, 0.2) is 29.2 Å². The predicted octanol–water partition coefficient (Wildman–Crippen LogP) is 1.90. The fourth-order valence-electron chi connectivity index (χ4n) is 4.97. The molecule has 0 aliphatic carbocycles. The molecule has 1 rings (SSSR count). The minimum Gasteiger partial charge on any atom is -0.497 e. The highest BCUT2D eigenvalue weighted by molar-refractivity contribution is 7.89. The van der Waals surface area contributed by atoms with Crippen molar-refractivity contribution in [1.82, 2.24) is 35.8 Å². The highest BCUT2D eigenvalue weighted by atomic mass is 32.2. The quantitative estimate of drug-likeness (QED) is 0.0510. The first-order valence-corrected chi connectivity index (χ1v) is 20.8. The van der Waals surface area contributed by atoms with Gasteiger partial charge in [-0.3, -0.25) is 19.2 Å². The van der Waals surface area contributed by atoms with Crippen molar-refractivity contribution < 1.29 is 56.1 Å². The smallest absolute Gasteiger partial charge is 0.407 e. The van der Waals surface area contributed by atoms with Crippen LogP contribution in [0.5, 0.6) is 5.75 Å². The lowest BCUT2D eigenvalue weighted by Gasteiger charge is -2.22. The molecule has 0 saturated carbocycles. The Morgan fingerprint density at radius 3 is 1.52 bits per heavy atom. The molecule has 5 amide bonds. The molecule has 20 heteroatoms. The Morgan fingerprint density at radius 2 is 1.05 bits per heavy atom. The van der Waals surface area contributed by atoms with E-state index in [2.05, 4.69) is 26.6 Å². The maximum absolute atomic E-state index is 13.3. The number of amides is 5. The maximum atomic E-state index is 13.3. The van der Waals surface area contributed by atoms with Crippen LogP contribution in [-0.4, -0.2) is 144 Å². The molecule has 0 radical (unpaired) electrons. The molecular weight excluding hydrogens is 779 g/mol.